The molecule has 0 saturated carbocycles. The molecule has 4 heteroatoms. The van der Waals surface area contributed by atoms with E-state index in [9.17, 15) is 9.90 Å². The summed E-state index contributed by atoms with van der Waals surface area (Å²) >= 11 is 0. The van der Waals surface area contributed by atoms with Crippen LogP contribution in [0.5, 0.6) is 0 Å². The first-order chi connectivity index (χ1) is 10.7. The third-order valence-corrected chi connectivity index (χ3v) is 4.57. The van der Waals surface area contributed by atoms with Crippen molar-refractivity contribution in [3.8, 4) is 0 Å². The highest BCUT2D eigenvalue weighted by molar-refractivity contribution is 5.93. The van der Waals surface area contributed by atoms with E-state index in [4.69, 9.17) is 0 Å². The summed E-state index contributed by atoms with van der Waals surface area (Å²) in [5.41, 5.74) is 3.35. The molecule has 4 nitrogen and oxygen atoms in total. The van der Waals surface area contributed by atoms with Gasteiger partial charge in [0.1, 0.15) is 0 Å². The van der Waals surface area contributed by atoms with Gasteiger partial charge >= 0.3 is 0 Å². The van der Waals surface area contributed by atoms with Crippen LogP contribution in [0.2, 0.25) is 0 Å². The highest BCUT2D eigenvalue weighted by atomic mass is 16.3. The van der Waals surface area contributed by atoms with E-state index < -0.39 is 0 Å². The van der Waals surface area contributed by atoms with E-state index in [1.165, 1.54) is 11.1 Å². The Balaban J connectivity index is 2.05. The minimum atomic E-state index is 0.0240. The van der Waals surface area contributed by atoms with E-state index in [1.807, 2.05) is 0 Å². The molecule has 2 rings (SSSR count). The fourth-order valence-electron chi connectivity index (χ4n) is 3.24. The molecule has 1 unspecified atom stereocenters. The number of aliphatic hydroxyl groups is 1. The minimum Gasteiger partial charge on any atom is -0.395 e. The predicted octanol–water partition coefficient (Wildman–Crippen LogP) is 2.60. The van der Waals surface area contributed by atoms with Crippen LogP contribution < -0.4 is 5.32 Å². The lowest BCUT2D eigenvalue weighted by Crippen LogP contribution is -2.45. The highest BCUT2D eigenvalue weighted by Gasteiger charge is 2.23. The first-order valence-corrected chi connectivity index (χ1v) is 8.45. The number of hydrogen-bond donors (Lipinski definition) is 2. The van der Waals surface area contributed by atoms with Gasteiger partial charge in [-0.15, -0.1) is 0 Å². The maximum atomic E-state index is 12.4. The number of rotatable bonds is 6. The van der Waals surface area contributed by atoms with Crippen LogP contribution in [0.25, 0.3) is 0 Å². The summed E-state index contributed by atoms with van der Waals surface area (Å²) in [5, 5.41) is 12.6. The second-order valence-corrected chi connectivity index (χ2v) is 6.01. The van der Waals surface area contributed by atoms with Crippen LogP contribution in [0.3, 0.4) is 0 Å². The largest absolute Gasteiger partial charge is 0.395 e. The Morgan fingerprint density at radius 1 is 1.27 bits per heavy atom. The summed E-state index contributed by atoms with van der Waals surface area (Å²) in [5.74, 6) is 0.0240. The van der Waals surface area contributed by atoms with Crippen molar-refractivity contribution in [3.05, 3.63) is 29.3 Å². The van der Waals surface area contributed by atoms with Crippen molar-refractivity contribution >= 4 is 11.6 Å². The molecule has 1 amide bonds. The number of carbonyl (C=O) groups is 1. The number of likely N-dealkylation sites (tertiary alicyclic amines) is 1. The van der Waals surface area contributed by atoms with E-state index in [-0.39, 0.29) is 18.6 Å². The average Bonchev–Trinajstić information content (AvgIpc) is 2.55. The van der Waals surface area contributed by atoms with Gasteiger partial charge in [-0.05, 0) is 43.4 Å². The van der Waals surface area contributed by atoms with E-state index in [1.54, 1.807) is 0 Å². The Bertz CT molecular complexity index is 480. The molecular weight excluding hydrogens is 276 g/mol. The van der Waals surface area contributed by atoms with Crippen molar-refractivity contribution in [3.63, 3.8) is 0 Å². The van der Waals surface area contributed by atoms with Crippen LogP contribution >= 0.6 is 0 Å². The molecule has 0 spiro atoms. The SMILES string of the molecule is CCc1cccc(CC)c1NC(=O)CN1CCCCC1CO. The first kappa shape index (κ1) is 17.0. The number of nitrogens with one attached hydrogen (secondary N) is 1. The number of hydrogen-bond acceptors (Lipinski definition) is 3. The van der Waals surface area contributed by atoms with Crippen LogP contribution in [0.15, 0.2) is 18.2 Å². The number of aryl methyl sites for hydroxylation is 2. The van der Waals surface area contributed by atoms with E-state index in [0.717, 1.165) is 44.3 Å². The molecule has 1 aliphatic rings. The smallest absolute Gasteiger partial charge is 0.238 e. The minimum absolute atomic E-state index is 0.0240. The summed E-state index contributed by atoms with van der Waals surface area (Å²) in [4.78, 5) is 14.6. The van der Waals surface area contributed by atoms with Crippen molar-refractivity contribution in [2.24, 2.45) is 0 Å². The number of piperidine rings is 1. The number of benzene rings is 1. The molecular formula is C18H28N2O2. The molecule has 1 fully saturated rings. The second-order valence-electron chi connectivity index (χ2n) is 6.01. The van der Waals surface area contributed by atoms with Crippen LogP contribution in [-0.2, 0) is 17.6 Å². The molecule has 1 aromatic rings. The van der Waals surface area contributed by atoms with Gasteiger partial charge in [0.25, 0.3) is 0 Å². The van der Waals surface area contributed by atoms with Gasteiger partial charge in [0.15, 0.2) is 0 Å². The van der Waals surface area contributed by atoms with Gasteiger partial charge < -0.3 is 10.4 Å². The number of anilines is 1. The van der Waals surface area contributed by atoms with Gasteiger partial charge in [-0.2, -0.15) is 0 Å². The summed E-state index contributed by atoms with van der Waals surface area (Å²) < 4.78 is 0. The van der Waals surface area contributed by atoms with Crippen molar-refractivity contribution in [2.75, 3.05) is 25.0 Å². The van der Waals surface area contributed by atoms with Crippen molar-refractivity contribution < 1.29 is 9.90 Å². The Hall–Kier alpha value is -1.39. The van der Waals surface area contributed by atoms with Gasteiger partial charge in [0.2, 0.25) is 5.91 Å². The molecule has 0 bridgehead atoms. The fraction of sp³-hybridized carbons (Fsp3) is 0.611. The van der Waals surface area contributed by atoms with Gasteiger partial charge in [-0.25, -0.2) is 0 Å². The molecule has 1 aliphatic heterocycles. The Labute approximate surface area is 133 Å². The van der Waals surface area contributed by atoms with Crippen molar-refractivity contribution in [1.82, 2.24) is 4.90 Å². The number of aliphatic hydroxyl groups excluding tert-OH is 1. The number of carbonyl (C=O) groups excluding carboxylic acids is 1. The van der Waals surface area contributed by atoms with Crippen molar-refractivity contribution in [2.45, 2.75) is 52.0 Å². The third-order valence-electron chi connectivity index (χ3n) is 4.57. The van der Waals surface area contributed by atoms with Crippen LogP contribution in [0, 0.1) is 0 Å². The zero-order valence-electron chi connectivity index (χ0n) is 13.8. The molecule has 0 radical (unpaired) electrons. The van der Waals surface area contributed by atoms with Crippen molar-refractivity contribution in [1.29, 1.82) is 0 Å². The van der Waals surface area contributed by atoms with Gasteiger partial charge in [-0.1, -0.05) is 38.5 Å². The Kier molecular flexibility index (Phi) is 6.40. The van der Waals surface area contributed by atoms with E-state index in [0.29, 0.717) is 6.54 Å². The Morgan fingerprint density at radius 2 is 1.95 bits per heavy atom. The van der Waals surface area contributed by atoms with Crippen LogP contribution in [0.4, 0.5) is 5.69 Å². The molecule has 1 aromatic carbocycles. The fourth-order valence-corrected chi connectivity index (χ4v) is 3.24. The molecule has 1 saturated heterocycles. The second kappa shape index (κ2) is 8.30. The molecule has 1 atom stereocenters. The molecule has 0 aliphatic carbocycles. The zero-order chi connectivity index (χ0) is 15.9. The molecule has 1 heterocycles. The monoisotopic (exact) mass is 304 g/mol. The molecule has 122 valence electrons. The Morgan fingerprint density at radius 3 is 2.55 bits per heavy atom. The molecule has 22 heavy (non-hydrogen) atoms. The lowest BCUT2D eigenvalue weighted by molar-refractivity contribution is -0.118. The van der Waals surface area contributed by atoms with Gasteiger partial charge in [-0.3, -0.25) is 9.69 Å². The summed E-state index contributed by atoms with van der Waals surface area (Å²) in [6.45, 7) is 5.62. The first-order valence-electron chi connectivity index (χ1n) is 8.45. The van der Waals surface area contributed by atoms with Gasteiger partial charge in [0.05, 0.1) is 13.2 Å². The highest BCUT2D eigenvalue weighted by Crippen LogP contribution is 2.23. The predicted molar refractivity (Wildman–Crippen MR) is 90.1 cm³/mol. The van der Waals surface area contributed by atoms with E-state index >= 15 is 0 Å². The lowest BCUT2D eigenvalue weighted by Gasteiger charge is -2.34. The molecule has 0 aromatic heterocycles. The number of para-hydroxylation sites is 1. The summed E-state index contributed by atoms with van der Waals surface area (Å²) in [7, 11) is 0. The quantitative estimate of drug-likeness (QED) is 0.849. The normalized spacial score (nSPS) is 19.1. The topological polar surface area (TPSA) is 52.6 Å². The number of amides is 1. The average molecular weight is 304 g/mol. The molecule has 2 N–H and O–H groups in total. The van der Waals surface area contributed by atoms with Gasteiger partial charge in [0, 0.05) is 11.7 Å². The zero-order valence-corrected chi connectivity index (χ0v) is 13.8. The number of nitrogens with zero attached hydrogens (tertiary/aromatic N) is 1. The summed E-state index contributed by atoms with van der Waals surface area (Å²) in [6, 6.07) is 6.34. The maximum Gasteiger partial charge on any atom is 0.238 e. The maximum absolute atomic E-state index is 12.4. The summed E-state index contributed by atoms with van der Waals surface area (Å²) in [6.07, 6.45) is 5.05. The van der Waals surface area contributed by atoms with Crippen LogP contribution in [0.1, 0.15) is 44.2 Å². The third kappa shape index (κ3) is 4.08. The lowest BCUT2D eigenvalue weighted by atomic mass is 10.0. The van der Waals surface area contributed by atoms with Crippen LogP contribution in [-0.4, -0.2) is 41.7 Å². The van der Waals surface area contributed by atoms with E-state index in [2.05, 4.69) is 42.3 Å². The standard InChI is InChI=1S/C18H28N2O2/c1-3-14-8-7-9-15(4-2)18(14)19-17(22)12-20-11-6-5-10-16(20)13-21/h7-9,16,21H,3-6,10-13H2,1-2H3,(H,19,22).